The molecule has 0 radical (unpaired) electrons. The van der Waals surface area contributed by atoms with Crippen LogP contribution in [-0.4, -0.2) is 16.7 Å². The summed E-state index contributed by atoms with van der Waals surface area (Å²) in [7, 11) is 0. The lowest BCUT2D eigenvalue weighted by molar-refractivity contribution is 0.101. The number of aromatic nitrogens is 1. The van der Waals surface area contributed by atoms with Crippen molar-refractivity contribution in [2.24, 2.45) is 0 Å². The molecule has 0 atom stereocenters. The highest BCUT2D eigenvalue weighted by Gasteiger charge is 2.16. The second kappa shape index (κ2) is 8.09. The van der Waals surface area contributed by atoms with Crippen LogP contribution in [0.5, 0.6) is 5.75 Å². The predicted octanol–water partition coefficient (Wildman–Crippen LogP) is 4.62. The van der Waals surface area contributed by atoms with Gasteiger partial charge in [0.25, 0.3) is 5.91 Å². The molecule has 138 valence electrons. The zero-order valence-electron chi connectivity index (χ0n) is 14.8. The number of ketones is 1. The minimum absolute atomic E-state index is 0.0692. The first-order chi connectivity index (χ1) is 12.9. The molecule has 0 fully saturated rings. The number of anilines is 1. The molecule has 0 spiro atoms. The first kappa shape index (κ1) is 18.7. The van der Waals surface area contributed by atoms with Crippen LogP contribution in [0.1, 0.15) is 37.7 Å². The Labute approximate surface area is 159 Å². The van der Waals surface area contributed by atoms with Gasteiger partial charge in [-0.25, -0.2) is 9.37 Å². The first-order valence-electron chi connectivity index (χ1n) is 8.19. The number of Topliss-reactive ketones (excluding diaryl/α,β-unsaturated/α-hetero) is 1. The van der Waals surface area contributed by atoms with Crippen molar-refractivity contribution in [3.8, 4) is 5.75 Å². The molecule has 27 heavy (non-hydrogen) atoms. The van der Waals surface area contributed by atoms with E-state index in [1.165, 1.54) is 42.5 Å². The van der Waals surface area contributed by atoms with Gasteiger partial charge >= 0.3 is 0 Å². The fourth-order valence-electron chi connectivity index (χ4n) is 2.40. The minimum atomic E-state index is -0.333. The third-order valence-corrected chi connectivity index (χ3v) is 4.88. The molecule has 3 rings (SSSR count). The molecule has 0 aliphatic carbocycles. The zero-order chi connectivity index (χ0) is 19.4. The van der Waals surface area contributed by atoms with Gasteiger partial charge in [0.1, 0.15) is 28.1 Å². The van der Waals surface area contributed by atoms with E-state index >= 15 is 0 Å². The van der Waals surface area contributed by atoms with E-state index in [9.17, 15) is 14.0 Å². The average molecular weight is 384 g/mol. The molecule has 5 nitrogen and oxygen atoms in total. The van der Waals surface area contributed by atoms with E-state index < -0.39 is 0 Å². The molecule has 3 aromatic rings. The Kier molecular flexibility index (Phi) is 5.61. The van der Waals surface area contributed by atoms with E-state index in [4.69, 9.17) is 4.74 Å². The summed E-state index contributed by atoms with van der Waals surface area (Å²) in [5, 5.41) is 3.42. The monoisotopic (exact) mass is 384 g/mol. The number of ether oxygens (including phenoxy) is 1. The third kappa shape index (κ3) is 4.77. The molecule has 2 aromatic carbocycles. The van der Waals surface area contributed by atoms with E-state index in [0.29, 0.717) is 32.6 Å². The van der Waals surface area contributed by atoms with Crippen LogP contribution in [0.3, 0.4) is 0 Å². The van der Waals surface area contributed by atoms with E-state index in [1.807, 2.05) is 0 Å². The summed E-state index contributed by atoms with van der Waals surface area (Å²) in [6.45, 7) is 3.41. The standard InChI is InChI=1S/C20H17FN2O3S/c1-12-19(20(25)23-16-5-3-4-14(10-16)13(2)24)27-18(22-12)11-26-17-8-6-15(21)7-9-17/h3-10H,11H2,1-2H3,(H,23,25). The molecule has 0 saturated heterocycles. The van der Waals surface area contributed by atoms with Gasteiger partial charge in [-0.2, -0.15) is 0 Å². The van der Waals surface area contributed by atoms with Gasteiger partial charge in [0, 0.05) is 11.3 Å². The van der Waals surface area contributed by atoms with Crippen LogP contribution in [0.25, 0.3) is 0 Å². The number of hydrogen-bond donors (Lipinski definition) is 1. The highest BCUT2D eigenvalue weighted by atomic mass is 32.1. The fraction of sp³-hybridized carbons (Fsp3) is 0.150. The van der Waals surface area contributed by atoms with Gasteiger partial charge in [-0.1, -0.05) is 12.1 Å². The Morgan fingerprint density at radius 2 is 1.93 bits per heavy atom. The topological polar surface area (TPSA) is 68.3 Å². The molecule has 0 bridgehead atoms. The van der Waals surface area contributed by atoms with Crippen molar-refractivity contribution in [3.63, 3.8) is 0 Å². The lowest BCUT2D eigenvalue weighted by atomic mass is 10.1. The summed E-state index contributed by atoms with van der Waals surface area (Å²) < 4.78 is 18.5. The van der Waals surface area contributed by atoms with Crippen molar-refractivity contribution >= 4 is 28.7 Å². The maximum atomic E-state index is 12.9. The highest BCUT2D eigenvalue weighted by molar-refractivity contribution is 7.13. The average Bonchev–Trinajstić information content (AvgIpc) is 3.02. The van der Waals surface area contributed by atoms with Crippen LogP contribution in [0.2, 0.25) is 0 Å². The van der Waals surface area contributed by atoms with Crippen LogP contribution < -0.4 is 10.1 Å². The third-order valence-electron chi connectivity index (χ3n) is 3.75. The lowest BCUT2D eigenvalue weighted by Gasteiger charge is -2.05. The number of thiazole rings is 1. The quantitative estimate of drug-likeness (QED) is 0.630. The van der Waals surface area contributed by atoms with Gasteiger partial charge in [0.2, 0.25) is 0 Å². The normalized spacial score (nSPS) is 10.5. The number of rotatable bonds is 6. The van der Waals surface area contributed by atoms with E-state index in [0.717, 1.165) is 0 Å². The summed E-state index contributed by atoms with van der Waals surface area (Å²) >= 11 is 1.23. The van der Waals surface area contributed by atoms with E-state index in [1.54, 1.807) is 31.2 Å². The van der Waals surface area contributed by atoms with Crippen LogP contribution >= 0.6 is 11.3 Å². The Bertz CT molecular complexity index is 983. The van der Waals surface area contributed by atoms with Crippen molar-refractivity contribution in [3.05, 3.63) is 75.5 Å². The number of hydrogen-bond acceptors (Lipinski definition) is 5. The summed E-state index contributed by atoms with van der Waals surface area (Å²) in [5.74, 6) is -0.171. The Hall–Kier alpha value is -3.06. The van der Waals surface area contributed by atoms with Gasteiger partial charge < -0.3 is 10.1 Å². The molecule has 1 heterocycles. The van der Waals surface area contributed by atoms with E-state index in [2.05, 4.69) is 10.3 Å². The molecule has 0 unspecified atom stereocenters. The van der Waals surface area contributed by atoms with Crippen molar-refractivity contribution < 1.29 is 18.7 Å². The van der Waals surface area contributed by atoms with Gasteiger partial charge in [-0.3, -0.25) is 9.59 Å². The maximum Gasteiger partial charge on any atom is 0.267 e. The summed E-state index contributed by atoms with van der Waals surface area (Å²) in [6.07, 6.45) is 0. The van der Waals surface area contributed by atoms with Crippen molar-refractivity contribution in [2.75, 3.05) is 5.32 Å². The Balaban J connectivity index is 1.68. The smallest absolute Gasteiger partial charge is 0.267 e. The number of nitrogens with one attached hydrogen (secondary N) is 1. The van der Waals surface area contributed by atoms with Crippen molar-refractivity contribution in [1.82, 2.24) is 4.98 Å². The number of carbonyl (C=O) groups is 2. The van der Waals surface area contributed by atoms with Crippen LogP contribution in [0.4, 0.5) is 10.1 Å². The minimum Gasteiger partial charge on any atom is -0.486 e. The second-order valence-corrected chi connectivity index (χ2v) is 6.94. The van der Waals surface area contributed by atoms with E-state index in [-0.39, 0.29) is 24.1 Å². The zero-order valence-corrected chi connectivity index (χ0v) is 15.6. The Morgan fingerprint density at radius 1 is 1.19 bits per heavy atom. The van der Waals surface area contributed by atoms with Gasteiger partial charge in [0.15, 0.2) is 5.78 Å². The second-order valence-electron chi connectivity index (χ2n) is 5.86. The largest absolute Gasteiger partial charge is 0.486 e. The number of carbonyl (C=O) groups excluding carboxylic acids is 2. The van der Waals surface area contributed by atoms with Crippen LogP contribution in [0, 0.1) is 12.7 Å². The van der Waals surface area contributed by atoms with Crippen LogP contribution in [0.15, 0.2) is 48.5 Å². The van der Waals surface area contributed by atoms with Crippen molar-refractivity contribution in [2.45, 2.75) is 20.5 Å². The summed E-state index contributed by atoms with van der Waals surface area (Å²) in [5.41, 5.74) is 1.67. The van der Waals surface area contributed by atoms with Gasteiger partial charge in [0.05, 0.1) is 5.69 Å². The molecule has 1 amide bonds. The fourth-order valence-corrected chi connectivity index (χ4v) is 3.28. The highest BCUT2D eigenvalue weighted by Crippen LogP contribution is 2.22. The molecule has 1 aromatic heterocycles. The number of nitrogens with zero attached hydrogens (tertiary/aromatic N) is 1. The first-order valence-corrected chi connectivity index (χ1v) is 9.01. The number of benzene rings is 2. The SMILES string of the molecule is CC(=O)c1cccc(NC(=O)c2sc(COc3ccc(F)cc3)nc2C)c1. The van der Waals surface area contributed by atoms with Crippen LogP contribution in [-0.2, 0) is 6.61 Å². The molecular formula is C20H17FN2O3S. The molecule has 7 heteroatoms. The lowest BCUT2D eigenvalue weighted by Crippen LogP contribution is -2.11. The van der Waals surface area contributed by atoms with Crippen molar-refractivity contribution in [1.29, 1.82) is 0 Å². The number of aryl methyl sites for hydroxylation is 1. The Morgan fingerprint density at radius 3 is 2.63 bits per heavy atom. The number of amides is 1. The molecular weight excluding hydrogens is 367 g/mol. The van der Waals surface area contributed by atoms with Gasteiger partial charge in [-0.05, 0) is 50.2 Å². The molecule has 0 aliphatic rings. The summed E-state index contributed by atoms with van der Waals surface area (Å²) in [4.78, 5) is 28.8. The summed E-state index contributed by atoms with van der Waals surface area (Å²) in [6, 6.07) is 12.5. The molecule has 1 N–H and O–H groups in total. The molecule has 0 saturated carbocycles. The van der Waals surface area contributed by atoms with Gasteiger partial charge in [-0.15, -0.1) is 11.3 Å². The molecule has 0 aliphatic heterocycles. The predicted molar refractivity (Wildman–Crippen MR) is 102 cm³/mol. The maximum absolute atomic E-state index is 12.9. The number of halogens is 1.